The molecule has 2 heterocycles. The van der Waals surface area contributed by atoms with Crippen LogP contribution in [0.25, 0.3) is 10.9 Å². The van der Waals surface area contributed by atoms with E-state index in [9.17, 15) is 17.2 Å². The molecule has 4 nitrogen and oxygen atoms in total. The standard InChI is InChI=1S/C18H16F2N2O2S/c19-12-2-1-3-15(8-12)25(23,24)18-11-22(14-6-7-21-10-14)17-9-13(20)4-5-16(17)18/h1-5,8-9,11,14,21H,6-7,10H2. The first kappa shape index (κ1) is 16.2. The maximum Gasteiger partial charge on any atom is 0.208 e. The van der Waals surface area contributed by atoms with Gasteiger partial charge in [-0.2, -0.15) is 0 Å². The van der Waals surface area contributed by atoms with E-state index in [1.54, 1.807) is 6.20 Å². The van der Waals surface area contributed by atoms with E-state index in [2.05, 4.69) is 5.32 Å². The zero-order valence-electron chi connectivity index (χ0n) is 13.2. The van der Waals surface area contributed by atoms with Crippen molar-refractivity contribution in [3.63, 3.8) is 0 Å². The molecule has 1 aromatic heterocycles. The fourth-order valence-corrected chi connectivity index (χ4v) is 4.84. The quantitative estimate of drug-likeness (QED) is 0.778. The van der Waals surface area contributed by atoms with Gasteiger partial charge in [0.1, 0.15) is 11.6 Å². The number of aromatic nitrogens is 1. The summed E-state index contributed by atoms with van der Waals surface area (Å²) < 4.78 is 55.1. The second-order valence-electron chi connectivity index (χ2n) is 6.17. The molecule has 1 N–H and O–H groups in total. The van der Waals surface area contributed by atoms with Crippen molar-refractivity contribution in [2.45, 2.75) is 22.3 Å². The van der Waals surface area contributed by atoms with Crippen molar-refractivity contribution in [3.8, 4) is 0 Å². The van der Waals surface area contributed by atoms with E-state index in [0.717, 1.165) is 19.0 Å². The summed E-state index contributed by atoms with van der Waals surface area (Å²) in [4.78, 5) is -0.0413. The molecule has 1 aliphatic rings. The van der Waals surface area contributed by atoms with Crippen LogP contribution in [-0.2, 0) is 9.84 Å². The Balaban J connectivity index is 1.95. The second-order valence-corrected chi connectivity index (χ2v) is 8.09. The van der Waals surface area contributed by atoms with E-state index in [4.69, 9.17) is 0 Å². The highest BCUT2D eigenvalue weighted by Crippen LogP contribution is 2.33. The summed E-state index contributed by atoms with van der Waals surface area (Å²) in [6, 6.07) is 9.03. The summed E-state index contributed by atoms with van der Waals surface area (Å²) in [5.74, 6) is -1.04. The molecule has 0 aliphatic carbocycles. The van der Waals surface area contributed by atoms with Crippen LogP contribution in [0.2, 0.25) is 0 Å². The van der Waals surface area contributed by atoms with Gasteiger partial charge in [-0.3, -0.25) is 0 Å². The van der Waals surface area contributed by atoms with Gasteiger partial charge in [-0.15, -0.1) is 0 Å². The molecule has 25 heavy (non-hydrogen) atoms. The summed E-state index contributed by atoms with van der Waals surface area (Å²) in [6.45, 7) is 1.52. The SMILES string of the molecule is O=S(=O)(c1cccc(F)c1)c1cn(C2CCNC2)c2cc(F)ccc12. The molecule has 1 fully saturated rings. The number of hydrogen-bond acceptors (Lipinski definition) is 3. The Kier molecular flexibility index (Phi) is 3.85. The number of benzene rings is 2. The first-order chi connectivity index (χ1) is 12.0. The summed E-state index contributed by atoms with van der Waals surface area (Å²) in [5.41, 5.74) is 0.531. The summed E-state index contributed by atoms with van der Waals surface area (Å²) >= 11 is 0. The molecule has 0 radical (unpaired) electrons. The number of halogens is 2. The molecule has 130 valence electrons. The average Bonchev–Trinajstić information content (AvgIpc) is 3.21. The van der Waals surface area contributed by atoms with Crippen LogP contribution in [0.5, 0.6) is 0 Å². The molecule has 0 spiro atoms. The van der Waals surface area contributed by atoms with Crippen molar-refractivity contribution >= 4 is 20.7 Å². The van der Waals surface area contributed by atoms with E-state index in [0.29, 0.717) is 17.4 Å². The minimum atomic E-state index is -3.91. The Morgan fingerprint density at radius 1 is 1.08 bits per heavy atom. The lowest BCUT2D eigenvalue weighted by Crippen LogP contribution is -2.12. The van der Waals surface area contributed by atoms with Gasteiger partial charge < -0.3 is 9.88 Å². The normalized spacial score (nSPS) is 18.1. The molecule has 1 aliphatic heterocycles. The highest BCUT2D eigenvalue weighted by Gasteiger charge is 2.27. The smallest absolute Gasteiger partial charge is 0.208 e. The van der Waals surface area contributed by atoms with E-state index in [-0.39, 0.29) is 15.8 Å². The van der Waals surface area contributed by atoms with E-state index >= 15 is 0 Å². The Hall–Kier alpha value is -2.25. The second kappa shape index (κ2) is 5.93. The monoisotopic (exact) mass is 362 g/mol. The van der Waals surface area contributed by atoms with Crippen LogP contribution in [0.4, 0.5) is 8.78 Å². The number of nitrogens with zero attached hydrogens (tertiary/aromatic N) is 1. The fraction of sp³-hybridized carbons (Fsp3) is 0.222. The third kappa shape index (κ3) is 2.73. The van der Waals surface area contributed by atoms with Crippen LogP contribution in [-0.4, -0.2) is 26.1 Å². The molecule has 7 heteroatoms. The summed E-state index contributed by atoms with van der Waals surface area (Å²) in [6.07, 6.45) is 2.38. The van der Waals surface area contributed by atoms with Gasteiger partial charge in [-0.05, 0) is 49.4 Å². The molecular formula is C18H16F2N2O2S. The Morgan fingerprint density at radius 2 is 1.88 bits per heavy atom. The maximum absolute atomic E-state index is 13.8. The number of rotatable bonds is 3. The lowest BCUT2D eigenvalue weighted by atomic mass is 10.2. The van der Waals surface area contributed by atoms with Gasteiger partial charge in [0.05, 0.1) is 15.3 Å². The van der Waals surface area contributed by atoms with Crippen molar-refractivity contribution in [1.29, 1.82) is 0 Å². The number of hydrogen-bond donors (Lipinski definition) is 1. The first-order valence-corrected chi connectivity index (χ1v) is 9.46. The molecule has 1 unspecified atom stereocenters. The molecule has 3 aromatic rings. The minimum absolute atomic E-state index is 0.0563. The first-order valence-electron chi connectivity index (χ1n) is 7.98. The van der Waals surface area contributed by atoms with Gasteiger partial charge in [0.25, 0.3) is 0 Å². The fourth-order valence-electron chi connectivity index (χ4n) is 3.35. The van der Waals surface area contributed by atoms with Crippen LogP contribution in [0.15, 0.2) is 58.5 Å². The molecule has 2 aromatic carbocycles. The van der Waals surface area contributed by atoms with Crippen LogP contribution >= 0.6 is 0 Å². The minimum Gasteiger partial charge on any atom is -0.342 e. The number of nitrogens with one attached hydrogen (secondary N) is 1. The van der Waals surface area contributed by atoms with E-state index < -0.39 is 21.5 Å². The Morgan fingerprint density at radius 3 is 2.60 bits per heavy atom. The van der Waals surface area contributed by atoms with Gasteiger partial charge in [0.2, 0.25) is 9.84 Å². The summed E-state index contributed by atoms with van der Waals surface area (Å²) in [7, 11) is -3.91. The van der Waals surface area contributed by atoms with Gasteiger partial charge >= 0.3 is 0 Å². The third-order valence-electron chi connectivity index (χ3n) is 4.58. The van der Waals surface area contributed by atoms with Gasteiger partial charge in [0.15, 0.2) is 0 Å². The van der Waals surface area contributed by atoms with Crippen LogP contribution in [0, 0.1) is 11.6 Å². The van der Waals surface area contributed by atoms with Crippen molar-refractivity contribution in [2.75, 3.05) is 13.1 Å². The van der Waals surface area contributed by atoms with Crippen molar-refractivity contribution in [2.24, 2.45) is 0 Å². The molecule has 4 rings (SSSR count). The van der Waals surface area contributed by atoms with Gasteiger partial charge in [-0.1, -0.05) is 6.07 Å². The summed E-state index contributed by atoms with van der Waals surface area (Å²) in [5, 5.41) is 3.67. The Bertz CT molecular complexity index is 1050. The molecule has 1 saturated heterocycles. The zero-order valence-corrected chi connectivity index (χ0v) is 14.1. The molecule has 0 saturated carbocycles. The Labute approximate surface area is 144 Å². The van der Waals surface area contributed by atoms with Gasteiger partial charge in [-0.25, -0.2) is 17.2 Å². The molecule has 0 amide bonds. The van der Waals surface area contributed by atoms with Crippen LogP contribution in [0.1, 0.15) is 12.5 Å². The van der Waals surface area contributed by atoms with Gasteiger partial charge in [0, 0.05) is 24.2 Å². The lowest BCUT2D eigenvalue weighted by Gasteiger charge is -2.12. The molecule has 1 atom stereocenters. The third-order valence-corrected chi connectivity index (χ3v) is 6.36. The van der Waals surface area contributed by atoms with E-state index in [1.165, 1.54) is 36.4 Å². The van der Waals surface area contributed by atoms with Crippen molar-refractivity contribution in [3.05, 3.63) is 60.3 Å². The molecular weight excluding hydrogens is 346 g/mol. The highest BCUT2D eigenvalue weighted by atomic mass is 32.2. The van der Waals surface area contributed by atoms with E-state index in [1.807, 2.05) is 4.57 Å². The maximum atomic E-state index is 13.8. The predicted octanol–water partition coefficient (Wildman–Crippen LogP) is 3.29. The number of sulfone groups is 1. The predicted molar refractivity (Wildman–Crippen MR) is 90.3 cm³/mol. The lowest BCUT2D eigenvalue weighted by molar-refractivity contribution is 0.558. The largest absolute Gasteiger partial charge is 0.342 e. The van der Waals surface area contributed by atoms with Crippen LogP contribution in [0.3, 0.4) is 0 Å². The van der Waals surface area contributed by atoms with Crippen molar-refractivity contribution in [1.82, 2.24) is 9.88 Å². The average molecular weight is 362 g/mol. The zero-order chi connectivity index (χ0) is 17.6. The highest BCUT2D eigenvalue weighted by molar-refractivity contribution is 7.91. The van der Waals surface area contributed by atoms with Crippen molar-refractivity contribution < 1.29 is 17.2 Å². The topological polar surface area (TPSA) is 51.1 Å². The van der Waals surface area contributed by atoms with Crippen LogP contribution < -0.4 is 5.32 Å². The number of fused-ring (bicyclic) bond motifs is 1. The molecule has 0 bridgehead atoms.